The van der Waals surface area contributed by atoms with Crippen LogP contribution in [0, 0.1) is 6.92 Å². The number of hydrogen-bond acceptors (Lipinski definition) is 4. The Labute approximate surface area is 197 Å². The SMILES string of the molecule is CN=C(NCCCOC1CCCCC1)NCCc1coc(-c2ccc(C)cc2)n1.I. The molecular weight excluding hydrogens is 491 g/mol. The van der Waals surface area contributed by atoms with E-state index >= 15 is 0 Å². The number of nitrogens with zero attached hydrogens (tertiary/aromatic N) is 2. The summed E-state index contributed by atoms with van der Waals surface area (Å²) in [5.41, 5.74) is 3.16. The third kappa shape index (κ3) is 8.26. The minimum atomic E-state index is 0. The van der Waals surface area contributed by atoms with Crippen molar-refractivity contribution in [1.29, 1.82) is 0 Å². The van der Waals surface area contributed by atoms with Gasteiger partial charge in [0.25, 0.3) is 0 Å². The van der Waals surface area contributed by atoms with Crippen molar-refractivity contribution in [2.45, 2.75) is 58.0 Å². The molecule has 1 aromatic carbocycles. The highest BCUT2D eigenvalue weighted by molar-refractivity contribution is 14.0. The first kappa shape index (κ1) is 24.7. The zero-order valence-electron chi connectivity index (χ0n) is 18.2. The van der Waals surface area contributed by atoms with E-state index in [9.17, 15) is 0 Å². The number of guanidine groups is 1. The van der Waals surface area contributed by atoms with Crippen LogP contribution in [-0.2, 0) is 11.2 Å². The van der Waals surface area contributed by atoms with Gasteiger partial charge in [0.15, 0.2) is 5.96 Å². The Morgan fingerprint density at radius 2 is 1.87 bits per heavy atom. The average Bonchev–Trinajstić information content (AvgIpc) is 3.22. The maximum Gasteiger partial charge on any atom is 0.226 e. The summed E-state index contributed by atoms with van der Waals surface area (Å²) in [4.78, 5) is 8.86. The number of aryl methyl sites for hydroxylation is 1. The number of aromatic nitrogens is 1. The molecule has 1 aliphatic rings. The third-order valence-corrected chi connectivity index (χ3v) is 5.27. The van der Waals surface area contributed by atoms with E-state index in [4.69, 9.17) is 9.15 Å². The van der Waals surface area contributed by atoms with Gasteiger partial charge in [0.1, 0.15) is 6.26 Å². The second-order valence-electron chi connectivity index (χ2n) is 7.67. The van der Waals surface area contributed by atoms with Gasteiger partial charge in [-0.1, -0.05) is 37.0 Å². The van der Waals surface area contributed by atoms with Gasteiger partial charge in [-0.25, -0.2) is 4.98 Å². The van der Waals surface area contributed by atoms with E-state index in [0.29, 0.717) is 12.0 Å². The molecule has 1 aromatic heterocycles. The van der Waals surface area contributed by atoms with Crippen molar-refractivity contribution in [1.82, 2.24) is 15.6 Å². The fourth-order valence-corrected chi connectivity index (χ4v) is 3.54. The molecule has 1 saturated carbocycles. The highest BCUT2D eigenvalue weighted by atomic mass is 127. The number of rotatable bonds is 9. The number of oxazole rings is 1. The van der Waals surface area contributed by atoms with Crippen molar-refractivity contribution >= 4 is 29.9 Å². The molecule has 30 heavy (non-hydrogen) atoms. The van der Waals surface area contributed by atoms with Gasteiger partial charge in [-0.15, -0.1) is 24.0 Å². The maximum absolute atomic E-state index is 5.96. The van der Waals surface area contributed by atoms with Crippen LogP contribution >= 0.6 is 24.0 Å². The van der Waals surface area contributed by atoms with E-state index in [1.165, 1.54) is 37.7 Å². The van der Waals surface area contributed by atoms with E-state index in [0.717, 1.165) is 49.8 Å². The topological polar surface area (TPSA) is 71.7 Å². The van der Waals surface area contributed by atoms with E-state index < -0.39 is 0 Å². The van der Waals surface area contributed by atoms with Crippen molar-refractivity contribution in [3.63, 3.8) is 0 Å². The lowest BCUT2D eigenvalue weighted by Crippen LogP contribution is -2.39. The first-order valence-corrected chi connectivity index (χ1v) is 10.8. The van der Waals surface area contributed by atoms with Crippen LogP contribution in [0.3, 0.4) is 0 Å². The predicted molar refractivity (Wildman–Crippen MR) is 133 cm³/mol. The van der Waals surface area contributed by atoms with Gasteiger partial charge in [-0.3, -0.25) is 4.99 Å². The smallest absolute Gasteiger partial charge is 0.226 e. The summed E-state index contributed by atoms with van der Waals surface area (Å²) in [7, 11) is 1.79. The van der Waals surface area contributed by atoms with Crippen molar-refractivity contribution in [2.75, 3.05) is 26.7 Å². The number of nitrogens with one attached hydrogen (secondary N) is 2. The fraction of sp³-hybridized carbons (Fsp3) is 0.565. The molecule has 0 aliphatic heterocycles. The second-order valence-corrected chi connectivity index (χ2v) is 7.67. The van der Waals surface area contributed by atoms with Crippen LogP contribution in [0.5, 0.6) is 0 Å². The van der Waals surface area contributed by atoms with Crippen LogP contribution in [0.25, 0.3) is 11.5 Å². The monoisotopic (exact) mass is 526 g/mol. The number of halogens is 1. The molecule has 0 amide bonds. The van der Waals surface area contributed by atoms with Crippen molar-refractivity contribution in [3.05, 3.63) is 41.8 Å². The zero-order chi connectivity index (χ0) is 20.3. The molecule has 2 N–H and O–H groups in total. The number of aliphatic imine (C=N–C) groups is 1. The lowest BCUT2D eigenvalue weighted by atomic mass is 9.98. The van der Waals surface area contributed by atoms with Crippen molar-refractivity contribution in [3.8, 4) is 11.5 Å². The second kappa shape index (κ2) is 13.6. The molecular formula is C23H35IN4O2. The fourth-order valence-electron chi connectivity index (χ4n) is 3.54. The normalized spacial score (nSPS) is 14.9. The summed E-state index contributed by atoms with van der Waals surface area (Å²) in [6, 6.07) is 8.20. The molecule has 1 aliphatic carbocycles. The minimum absolute atomic E-state index is 0. The zero-order valence-corrected chi connectivity index (χ0v) is 20.5. The van der Waals surface area contributed by atoms with E-state index in [2.05, 4.69) is 39.7 Å². The molecule has 3 rings (SSSR count). The van der Waals surface area contributed by atoms with E-state index in [-0.39, 0.29) is 24.0 Å². The Morgan fingerprint density at radius 1 is 1.13 bits per heavy atom. The van der Waals surface area contributed by atoms with Crippen LogP contribution < -0.4 is 10.6 Å². The van der Waals surface area contributed by atoms with Crippen LogP contribution in [0.4, 0.5) is 0 Å². The van der Waals surface area contributed by atoms with Gasteiger partial charge in [0.2, 0.25) is 5.89 Å². The molecule has 0 atom stereocenters. The van der Waals surface area contributed by atoms with E-state index in [1.54, 1.807) is 13.3 Å². The molecule has 0 saturated heterocycles. The number of hydrogen-bond donors (Lipinski definition) is 2. The summed E-state index contributed by atoms with van der Waals surface area (Å²) in [6.45, 7) is 4.49. The Bertz CT molecular complexity index is 755. The summed E-state index contributed by atoms with van der Waals surface area (Å²) in [6.07, 6.45) is 10.4. The van der Waals surface area contributed by atoms with Crippen molar-refractivity contribution in [2.24, 2.45) is 4.99 Å². The number of benzene rings is 1. The molecule has 0 unspecified atom stereocenters. The lowest BCUT2D eigenvalue weighted by molar-refractivity contribution is 0.0277. The summed E-state index contributed by atoms with van der Waals surface area (Å²) < 4.78 is 11.6. The lowest BCUT2D eigenvalue weighted by Gasteiger charge is -2.22. The summed E-state index contributed by atoms with van der Waals surface area (Å²) in [5, 5.41) is 6.68. The molecule has 166 valence electrons. The van der Waals surface area contributed by atoms with Crippen LogP contribution in [0.15, 0.2) is 39.9 Å². The van der Waals surface area contributed by atoms with Gasteiger partial charge >= 0.3 is 0 Å². The Hall–Kier alpha value is -1.61. The van der Waals surface area contributed by atoms with Gasteiger partial charge in [0, 0.05) is 38.7 Å². The number of ether oxygens (including phenoxy) is 1. The summed E-state index contributed by atoms with van der Waals surface area (Å²) in [5.74, 6) is 1.48. The molecule has 0 radical (unpaired) electrons. The molecule has 2 aromatic rings. The Balaban J connectivity index is 0.00000320. The standard InChI is InChI=1S/C23H34N4O2.HI/c1-18-9-11-19(12-10-18)22-27-20(17-29-22)13-15-26-23(24-2)25-14-6-16-28-21-7-4-3-5-8-21;/h9-12,17,21H,3-8,13-16H2,1-2H3,(H2,24,25,26);1H. The molecule has 0 bridgehead atoms. The largest absolute Gasteiger partial charge is 0.444 e. The molecule has 0 spiro atoms. The van der Waals surface area contributed by atoms with Crippen LogP contribution in [0.2, 0.25) is 0 Å². The van der Waals surface area contributed by atoms with Crippen LogP contribution in [0.1, 0.15) is 49.8 Å². The van der Waals surface area contributed by atoms with Gasteiger partial charge in [-0.2, -0.15) is 0 Å². The Morgan fingerprint density at radius 3 is 2.60 bits per heavy atom. The Kier molecular flexibility index (Phi) is 11.2. The predicted octanol–water partition coefficient (Wildman–Crippen LogP) is 4.71. The molecule has 6 nitrogen and oxygen atoms in total. The molecule has 7 heteroatoms. The van der Waals surface area contributed by atoms with E-state index in [1.807, 2.05) is 12.1 Å². The van der Waals surface area contributed by atoms with Crippen molar-refractivity contribution < 1.29 is 9.15 Å². The first-order chi connectivity index (χ1) is 14.2. The van der Waals surface area contributed by atoms with Gasteiger partial charge in [-0.05, 0) is 38.3 Å². The molecule has 1 fully saturated rings. The highest BCUT2D eigenvalue weighted by Gasteiger charge is 2.13. The maximum atomic E-state index is 5.96. The van der Waals surface area contributed by atoms with Gasteiger partial charge in [0.05, 0.1) is 11.8 Å². The third-order valence-electron chi connectivity index (χ3n) is 5.27. The van der Waals surface area contributed by atoms with Gasteiger partial charge < -0.3 is 19.8 Å². The molecule has 1 heterocycles. The summed E-state index contributed by atoms with van der Waals surface area (Å²) >= 11 is 0. The first-order valence-electron chi connectivity index (χ1n) is 10.8. The quantitative estimate of drug-likeness (QED) is 0.214. The highest BCUT2D eigenvalue weighted by Crippen LogP contribution is 2.20. The average molecular weight is 526 g/mol. The van der Waals surface area contributed by atoms with Crippen LogP contribution in [-0.4, -0.2) is 43.8 Å². The minimum Gasteiger partial charge on any atom is -0.444 e.